The maximum Gasteiger partial charge on any atom is 0.224 e. The van der Waals surface area contributed by atoms with Crippen LogP contribution in [0.15, 0.2) is 61.2 Å². The Kier molecular flexibility index (Phi) is 5.76. The number of rotatable bonds is 6. The predicted octanol–water partition coefficient (Wildman–Crippen LogP) is 4.53. The molecular weight excluding hydrogens is 406 g/mol. The fourth-order valence-electron chi connectivity index (χ4n) is 4.37. The first-order valence-electron chi connectivity index (χ1n) is 10.8. The van der Waals surface area contributed by atoms with Gasteiger partial charge in [0.25, 0.3) is 0 Å². The van der Waals surface area contributed by atoms with Gasteiger partial charge >= 0.3 is 0 Å². The van der Waals surface area contributed by atoms with E-state index in [1.807, 2.05) is 12.1 Å². The van der Waals surface area contributed by atoms with Gasteiger partial charge in [-0.2, -0.15) is 5.10 Å². The summed E-state index contributed by atoms with van der Waals surface area (Å²) >= 11 is 1.74. The van der Waals surface area contributed by atoms with E-state index in [0.717, 1.165) is 47.3 Å². The second-order valence-corrected chi connectivity index (χ2v) is 9.21. The summed E-state index contributed by atoms with van der Waals surface area (Å²) in [5.74, 6) is 0.368. The lowest BCUT2D eigenvalue weighted by molar-refractivity contribution is -0.126. The molecule has 1 aliphatic carbocycles. The van der Waals surface area contributed by atoms with Crippen molar-refractivity contribution in [3.05, 3.63) is 77.3 Å². The molecule has 2 aromatic heterocycles. The van der Waals surface area contributed by atoms with Crippen molar-refractivity contribution in [3.63, 3.8) is 0 Å². The minimum atomic E-state index is 0.000834. The van der Waals surface area contributed by atoms with Gasteiger partial charge in [0.2, 0.25) is 5.91 Å². The summed E-state index contributed by atoms with van der Waals surface area (Å²) < 4.78 is 3.00. The summed E-state index contributed by atoms with van der Waals surface area (Å²) in [6.07, 6.45) is 7.49. The molecule has 2 atom stereocenters. The molecule has 1 aliphatic rings. The van der Waals surface area contributed by atoms with Crippen molar-refractivity contribution < 1.29 is 4.79 Å². The Bertz CT molecular complexity index is 1120. The molecule has 0 bridgehead atoms. The molecule has 0 unspecified atom stereocenters. The smallest absolute Gasteiger partial charge is 0.224 e. The van der Waals surface area contributed by atoms with E-state index in [4.69, 9.17) is 4.98 Å². The number of aromatic nitrogens is 4. The number of fused-ring (bicyclic) bond motifs is 1. The van der Waals surface area contributed by atoms with Crippen LogP contribution in [0.1, 0.15) is 47.7 Å². The molecule has 2 aromatic carbocycles. The molecule has 1 amide bonds. The van der Waals surface area contributed by atoms with E-state index in [0.29, 0.717) is 13.1 Å². The Morgan fingerprint density at radius 2 is 1.87 bits per heavy atom. The Hall–Kier alpha value is -3.06. The van der Waals surface area contributed by atoms with Crippen LogP contribution in [0.3, 0.4) is 0 Å². The standard InChI is InChI=1S/C24H25N5OS/c30-23(26-13-17-9-11-18(12-10-17)14-29-16-25-15-27-29)19-5-1-2-6-20(19)24-28-21-7-3-4-8-22(21)31-24/h3-4,7-12,15-16,19-20H,1-2,5-6,13-14H2,(H,26,30)/t19-,20-/m0/s1. The number of benzene rings is 2. The number of hydrogen-bond donors (Lipinski definition) is 1. The Labute approximate surface area is 185 Å². The summed E-state index contributed by atoms with van der Waals surface area (Å²) in [4.78, 5) is 21.9. The third-order valence-electron chi connectivity index (χ3n) is 6.03. The van der Waals surface area contributed by atoms with E-state index < -0.39 is 0 Å². The van der Waals surface area contributed by atoms with Crippen molar-refractivity contribution in [2.45, 2.75) is 44.7 Å². The number of amides is 1. The lowest BCUT2D eigenvalue weighted by Crippen LogP contribution is -2.35. The molecule has 2 heterocycles. The molecule has 1 fully saturated rings. The zero-order valence-electron chi connectivity index (χ0n) is 17.3. The lowest BCUT2D eigenvalue weighted by atomic mass is 9.79. The van der Waals surface area contributed by atoms with Crippen molar-refractivity contribution in [2.24, 2.45) is 5.92 Å². The van der Waals surface area contributed by atoms with E-state index >= 15 is 0 Å². The maximum atomic E-state index is 13.1. The number of nitrogens with one attached hydrogen (secondary N) is 1. The summed E-state index contributed by atoms with van der Waals surface area (Å²) in [5, 5.41) is 8.42. The van der Waals surface area contributed by atoms with Gasteiger partial charge in [-0.05, 0) is 36.1 Å². The molecular formula is C24H25N5OS. The summed E-state index contributed by atoms with van der Waals surface area (Å²) in [5.41, 5.74) is 3.30. The molecule has 4 aromatic rings. The van der Waals surface area contributed by atoms with E-state index in [1.54, 1.807) is 22.3 Å². The van der Waals surface area contributed by atoms with Crippen molar-refractivity contribution in [1.82, 2.24) is 25.1 Å². The topological polar surface area (TPSA) is 72.7 Å². The number of hydrogen-bond acceptors (Lipinski definition) is 5. The van der Waals surface area contributed by atoms with E-state index in [1.165, 1.54) is 11.0 Å². The van der Waals surface area contributed by atoms with Crippen LogP contribution in [0, 0.1) is 5.92 Å². The van der Waals surface area contributed by atoms with Gasteiger partial charge in [-0.3, -0.25) is 4.79 Å². The SMILES string of the molecule is O=C(NCc1ccc(Cn2cncn2)cc1)[C@H]1CCCC[C@@H]1c1nc2ccccc2s1. The van der Waals surface area contributed by atoms with Gasteiger partial charge in [0.1, 0.15) is 12.7 Å². The monoisotopic (exact) mass is 431 g/mol. The highest BCUT2D eigenvalue weighted by Gasteiger charge is 2.33. The number of carbonyl (C=O) groups is 1. The van der Waals surface area contributed by atoms with E-state index in [-0.39, 0.29) is 17.7 Å². The van der Waals surface area contributed by atoms with Crippen molar-refractivity contribution in [3.8, 4) is 0 Å². The number of para-hydroxylation sites is 1. The number of carbonyl (C=O) groups excluding carboxylic acids is 1. The third kappa shape index (κ3) is 4.51. The number of thiazole rings is 1. The highest BCUT2D eigenvalue weighted by atomic mass is 32.1. The molecule has 6 nitrogen and oxygen atoms in total. The van der Waals surface area contributed by atoms with Gasteiger partial charge in [-0.1, -0.05) is 49.2 Å². The zero-order valence-corrected chi connectivity index (χ0v) is 18.1. The average Bonchev–Trinajstić information content (AvgIpc) is 3.48. The summed E-state index contributed by atoms with van der Waals surface area (Å²) in [6.45, 7) is 1.24. The van der Waals surface area contributed by atoms with Crippen LogP contribution in [0.5, 0.6) is 0 Å². The van der Waals surface area contributed by atoms with Gasteiger partial charge in [0, 0.05) is 18.4 Å². The zero-order chi connectivity index (χ0) is 21.0. The second-order valence-electron chi connectivity index (χ2n) is 8.14. The Balaban J connectivity index is 1.23. The van der Waals surface area contributed by atoms with Crippen LogP contribution in [-0.4, -0.2) is 25.7 Å². The van der Waals surface area contributed by atoms with Crippen molar-refractivity contribution >= 4 is 27.5 Å². The quantitative estimate of drug-likeness (QED) is 0.487. The van der Waals surface area contributed by atoms with Gasteiger partial charge in [-0.25, -0.2) is 14.6 Å². The van der Waals surface area contributed by atoms with E-state index in [2.05, 4.69) is 51.8 Å². The van der Waals surface area contributed by atoms with Gasteiger partial charge in [-0.15, -0.1) is 11.3 Å². The predicted molar refractivity (Wildman–Crippen MR) is 122 cm³/mol. The first-order valence-corrected chi connectivity index (χ1v) is 11.6. The normalized spacial score (nSPS) is 18.8. The highest BCUT2D eigenvalue weighted by Crippen LogP contribution is 2.40. The first kappa shape index (κ1) is 19.9. The van der Waals surface area contributed by atoms with Crippen LogP contribution in [-0.2, 0) is 17.9 Å². The minimum Gasteiger partial charge on any atom is -0.352 e. The Morgan fingerprint density at radius 1 is 1.06 bits per heavy atom. The molecule has 0 saturated heterocycles. The van der Waals surface area contributed by atoms with Gasteiger partial charge in [0.15, 0.2) is 0 Å². The van der Waals surface area contributed by atoms with Crippen LogP contribution < -0.4 is 5.32 Å². The lowest BCUT2D eigenvalue weighted by Gasteiger charge is -2.29. The van der Waals surface area contributed by atoms with Crippen molar-refractivity contribution in [1.29, 1.82) is 0 Å². The fraction of sp³-hybridized carbons (Fsp3) is 0.333. The maximum absolute atomic E-state index is 13.1. The Morgan fingerprint density at radius 3 is 2.68 bits per heavy atom. The average molecular weight is 432 g/mol. The summed E-state index contributed by atoms with van der Waals surface area (Å²) in [7, 11) is 0. The van der Waals surface area contributed by atoms with Crippen LogP contribution in [0.2, 0.25) is 0 Å². The summed E-state index contributed by atoms with van der Waals surface area (Å²) in [6, 6.07) is 16.5. The molecule has 1 saturated carbocycles. The molecule has 7 heteroatoms. The molecule has 158 valence electrons. The van der Waals surface area contributed by atoms with Crippen LogP contribution >= 0.6 is 11.3 Å². The molecule has 0 radical (unpaired) electrons. The first-order chi connectivity index (χ1) is 15.3. The minimum absolute atomic E-state index is 0.000834. The molecule has 1 N–H and O–H groups in total. The molecule has 0 aliphatic heterocycles. The van der Waals surface area contributed by atoms with Crippen LogP contribution in [0.25, 0.3) is 10.2 Å². The third-order valence-corrected chi connectivity index (χ3v) is 7.20. The van der Waals surface area contributed by atoms with Gasteiger partial charge < -0.3 is 5.32 Å². The molecule has 31 heavy (non-hydrogen) atoms. The molecule has 0 spiro atoms. The fourth-order valence-corrected chi connectivity index (χ4v) is 5.54. The van der Waals surface area contributed by atoms with Crippen LogP contribution in [0.4, 0.5) is 0 Å². The second kappa shape index (κ2) is 8.98. The largest absolute Gasteiger partial charge is 0.352 e. The van der Waals surface area contributed by atoms with E-state index in [9.17, 15) is 4.79 Å². The van der Waals surface area contributed by atoms with Crippen molar-refractivity contribution in [2.75, 3.05) is 0 Å². The van der Waals surface area contributed by atoms with Gasteiger partial charge in [0.05, 0.1) is 21.8 Å². The highest BCUT2D eigenvalue weighted by molar-refractivity contribution is 7.18. The number of nitrogens with zero attached hydrogens (tertiary/aromatic N) is 4. The molecule has 5 rings (SSSR count).